The molecule has 90 valence electrons. The standard InChI is InChI=1S/C9H9ClN4O2S/c10-8-7-9(12-3-11-8)14(4-13-7)5-2-16-6(1-15)17-5/h3-6,15H,1-2H2/t5-,6-/m1/s1. The number of hydrogen-bond acceptors (Lipinski definition) is 6. The Balaban J connectivity index is 1.99. The van der Waals surface area contributed by atoms with Gasteiger partial charge in [0, 0.05) is 0 Å². The van der Waals surface area contributed by atoms with E-state index in [2.05, 4.69) is 15.0 Å². The summed E-state index contributed by atoms with van der Waals surface area (Å²) in [4.78, 5) is 12.2. The fourth-order valence-electron chi connectivity index (χ4n) is 1.72. The highest BCUT2D eigenvalue weighted by molar-refractivity contribution is 8.00. The monoisotopic (exact) mass is 272 g/mol. The molecule has 0 unspecified atom stereocenters. The number of fused-ring (bicyclic) bond motifs is 1. The average Bonchev–Trinajstić information content (AvgIpc) is 2.94. The number of ether oxygens (including phenoxy) is 1. The Kier molecular flexibility index (Phi) is 2.91. The van der Waals surface area contributed by atoms with Crippen LogP contribution in [0, 0.1) is 0 Å². The lowest BCUT2D eigenvalue weighted by Crippen LogP contribution is -2.05. The van der Waals surface area contributed by atoms with Crippen LogP contribution in [-0.4, -0.2) is 43.3 Å². The number of aliphatic hydroxyl groups is 1. The molecule has 3 heterocycles. The van der Waals surface area contributed by atoms with E-state index in [0.717, 1.165) is 0 Å². The third kappa shape index (κ3) is 1.89. The summed E-state index contributed by atoms with van der Waals surface area (Å²) in [6.45, 7) is 0.520. The number of nitrogens with zero attached hydrogens (tertiary/aromatic N) is 4. The van der Waals surface area contributed by atoms with Gasteiger partial charge in [0.15, 0.2) is 10.8 Å². The molecule has 0 aromatic carbocycles. The predicted molar refractivity (Wildman–Crippen MR) is 63.8 cm³/mol. The number of imidazole rings is 1. The number of rotatable bonds is 2. The Bertz CT molecular complexity index is 549. The van der Waals surface area contributed by atoms with E-state index in [-0.39, 0.29) is 17.4 Å². The van der Waals surface area contributed by atoms with Gasteiger partial charge in [0.2, 0.25) is 0 Å². The molecule has 2 atom stereocenters. The quantitative estimate of drug-likeness (QED) is 0.824. The molecule has 0 spiro atoms. The summed E-state index contributed by atoms with van der Waals surface area (Å²) >= 11 is 7.46. The van der Waals surface area contributed by atoms with Gasteiger partial charge in [-0.05, 0) is 0 Å². The van der Waals surface area contributed by atoms with Gasteiger partial charge in [-0.1, -0.05) is 11.6 Å². The van der Waals surface area contributed by atoms with Gasteiger partial charge in [0.25, 0.3) is 0 Å². The Labute approximate surface area is 106 Å². The van der Waals surface area contributed by atoms with Crippen LogP contribution in [0.25, 0.3) is 11.2 Å². The third-order valence-corrected chi connectivity index (χ3v) is 4.05. The van der Waals surface area contributed by atoms with Crippen molar-refractivity contribution in [1.82, 2.24) is 19.5 Å². The first-order valence-corrected chi connectivity index (χ1v) is 6.32. The van der Waals surface area contributed by atoms with Gasteiger partial charge in [0.05, 0.1) is 19.5 Å². The van der Waals surface area contributed by atoms with Crippen molar-refractivity contribution in [3.05, 3.63) is 17.8 Å². The molecule has 0 amide bonds. The van der Waals surface area contributed by atoms with Crippen molar-refractivity contribution in [3.63, 3.8) is 0 Å². The highest BCUT2D eigenvalue weighted by Crippen LogP contribution is 2.36. The second kappa shape index (κ2) is 4.41. The second-order valence-corrected chi connectivity index (χ2v) is 5.22. The smallest absolute Gasteiger partial charge is 0.165 e. The molecule has 0 bridgehead atoms. The molecule has 2 aromatic heterocycles. The molecule has 1 saturated heterocycles. The average molecular weight is 273 g/mol. The van der Waals surface area contributed by atoms with Gasteiger partial charge in [-0.3, -0.25) is 4.57 Å². The minimum Gasteiger partial charge on any atom is -0.393 e. The maximum atomic E-state index is 9.02. The van der Waals surface area contributed by atoms with Gasteiger partial charge in [-0.2, -0.15) is 0 Å². The molecule has 0 saturated carbocycles. The lowest BCUT2D eigenvalue weighted by atomic mass is 10.5. The number of aliphatic hydroxyl groups excluding tert-OH is 1. The first-order chi connectivity index (χ1) is 8.29. The number of aromatic nitrogens is 4. The SMILES string of the molecule is OC[C@@H]1OC[C@H](n2cnc3c(Cl)ncnc32)S1. The van der Waals surface area contributed by atoms with Crippen LogP contribution in [0.4, 0.5) is 0 Å². The van der Waals surface area contributed by atoms with Crippen LogP contribution in [0.1, 0.15) is 5.37 Å². The summed E-state index contributed by atoms with van der Waals surface area (Å²) in [6, 6.07) is 0. The molecule has 1 fully saturated rings. The Morgan fingerprint density at radius 1 is 1.53 bits per heavy atom. The molecule has 0 aliphatic carbocycles. The van der Waals surface area contributed by atoms with E-state index in [0.29, 0.717) is 22.9 Å². The Morgan fingerprint density at radius 2 is 2.41 bits per heavy atom. The Morgan fingerprint density at radius 3 is 3.18 bits per heavy atom. The van der Waals surface area contributed by atoms with Crippen molar-refractivity contribution in [3.8, 4) is 0 Å². The van der Waals surface area contributed by atoms with Gasteiger partial charge >= 0.3 is 0 Å². The van der Waals surface area contributed by atoms with Crippen LogP contribution in [0.2, 0.25) is 5.15 Å². The lowest BCUT2D eigenvalue weighted by molar-refractivity contribution is 0.0810. The molecule has 1 N–H and O–H groups in total. The van der Waals surface area contributed by atoms with Crippen molar-refractivity contribution in [1.29, 1.82) is 0 Å². The zero-order valence-corrected chi connectivity index (χ0v) is 10.2. The molecule has 6 nitrogen and oxygen atoms in total. The number of thioether (sulfide) groups is 1. The zero-order chi connectivity index (χ0) is 11.8. The fraction of sp³-hybridized carbons (Fsp3) is 0.444. The van der Waals surface area contributed by atoms with Crippen LogP contribution in [0.3, 0.4) is 0 Å². The van der Waals surface area contributed by atoms with Gasteiger partial charge in [0.1, 0.15) is 22.7 Å². The highest BCUT2D eigenvalue weighted by atomic mass is 35.5. The van der Waals surface area contributed by atoms with Crippen molar-refractivity contribution in [2.75, 3.05) is 13.2 Å². The molecular weight excluding hydrogens is 264 g/mol. The molecule has 1 aliphatic rings. The van der Waals surface area contributed by atoms with Crippen LogP contribution >= 0.6 is 23.4 Å². The van der Waals surface area contributed by atoms with E-state index in [1.54, 1.807) is 6.33 Å². The first kappa shape index (κ1) is 11.2. The molecule has 1 aliphatic heterocycles. The maximum absolute atomic E-state index is 9.02. The van der Waals surface area contributed by atoms with Crippen LogP contribution in [-0.2, 0) is 4.74 Å². The van der Waals surface area contributed by atoms with Gasteiger partial charge in [-0.25, -0.2) is 15.0 Å². The molecule has 17 heavy (non-hydrogen) atoms. The highest BCUT2D eigenvalue weighted by Gasteiger charge is 2.28. The summed E-state index contributed by atoms with van der Waals surface area (Å²) in [6.07, 6.45) is 3.08. The minimum absolute atomic E-state index is 0.00351. The number of hydrogen-bond donors (Lipinski definition) is 1. The van der Waals surface area contributed by atoms with Gasteiger partial charge < -0.3 is 9.84 Å². The van der Waals surface area contributed by atoms with E-state index in [4.69, 9.17) is 21.4 Å². The Hall–Kier alpha value is -0.890. The van der Waals surface area contributed by atoms with Crippen LogP contribution < -0.4 is 0 Å². The normalized spacial score (nSPS) is 24.6. The van der Waals surface area contributed by atoms with Crippen LogP contribution in [0.15, 0.2) is 12.7 Å². The van der Waals surface area contributed by atoms with Crippen molar-refractivity contribution >= 4 is 34.5 Å². The third-order valence-electron chi connectivity index (χ3n) is 2.51. The molecular formula is C9H9ClN4O2S. The first-order valence-electron chi connectivity index (χ1n) is 5.00. The molecule has 8 heteroatoms. The van der Waals surface area contributed by atoms with E-state index in [9.17, 15) is 0 Å². The summed E-state index contributed by atoms with van der Waals surface area (Å²) in [5.74, 6) is 0. The summed E-state index contributed by atoms with van der Waals surface area (Å²) in [5, 5.41) is 9.42. The van der Waals surface area contributed by atoms with Crippen molar-refractivity contribution in [2.24, 2.45) is 0 Å². The molecule has 2 aromatic rings. The molecule has 3 rings (SSSR count). The lowest BCUT2D eigenvalue weighted by Gasteiger charge is -2.09. The van der Waals surface area contributed by atoms with Crippen LogP contribution in [0.5, 0.6) is 0 Å². The van der Waals surface area contributed by atoms with E-state index in [1.807, 2.05) is 4.57 Å². The predicted octanol–water partition coefficient (Wildman–Crippen LogP) is 1.06. The summed E-state index contributed by atoms with van der Waals surface area (Å²) < 4.78 is 7.30. The maximum Gasteiger partial charge on any atom is 0.165 e. The summed E-state index contributed by atoms with van der Waals surface area (Å²) in [7, 11) is 0. The second-order valence-electron chi connectivity index (χ2n) is 3.52. The summed E-state index contributed by atoms with van der Waals surface area (Å²) in [5.41, 5.74) is 1.08. The fourth-order valence-corrected chi connectivity index (χ4v) is 2.93. The minimum atomic E-state index is -0.185. The van der Waals surface area contributed by atoms with Crippen molar-refractivity contribution in [2.45, 2.75) is 10.8 Å². The van der Waals surface area contributed by atoms with Gasteiger partial charge in [-0.15, -0.1) is 11.8 Å². The zero-order valence-electron chi connectivity index (χ0n) is 8.65. The van der Waals surface area contributed by atoms with Crippen molar-refractivity contribution < 1.29 is 9.84 Å². The van der Waals surface area contributed by atoms with E-state index < -0.39 is 0 Å². The molecule has 0 radical (unpaired) electrons. The number of halogens is 1. The van der Waals surface area contributed by atoms with E-state index >= 15 is 0 Å². The largest absolute Gasteiger partial charge is 0.393 e. The topological polar surface area (TPSA) is 73.1 Å². The van der Waals surface area contributed by atoms with E-state index in [1.165, 1.54) is 18.1 Å².